The normalized spacial score (nSPS) is 19.2. The van der Waals surface area contributed by atoms with Crippen molar-refractivity contribution in [2.45, 2.75) is 0 Å². The molecule has 0 aliphatic carbocycles. The monoisotopic (exact) mass is 202 g/mol. The van der Waals surface area contributed by atoms with Gasteiger partial charge < -0.3 is 9.80 Å². The van der Waals surface area contributed by atoms with Gasteiger partial charge in [-0.15, -0.1) is 0 Å². The van der Waals surface area contributed by atoms with E-state index >= 15 is 0 Å². The maximum absolute atomic E-state index is 5.24. The number of hydrazine groups is 1. The van der Waals surface area contributed by atoms with Gasteiger partial charge in [0.05, 0.1) is 0 Å². The van der Waals surface area contributed by atoms with E-state index in [0.717, 1.165) is 31.3 Å². The molecule has 1 aliphatic heterocycles. The predicted molar refractivity (Wildman–Crippen MR) is 58.5 cm³/mol. The molecular formula is C8H18N4S. The molecule has 0 radical (unpaired) electrons. The van der Waals surface area contributed by atoms with Crippen LogP contribution in [-0.2, 0) is 0 Å². The number of nitrogens with zero attached hydrogens (tertiary/aromatic N) is 3. The number of thiocarbonyl (C=S) groups is 1. The number of piperazine rings is 1. The summed E-state index contributed by atoms with van der Waals surface area (Å²) in [5.74, 6) is 0. The van der Waals surface area contributed by atoms with Gasteiger partial charge in [0.25, 0.3) is 0 Å². The SMILES string of the molecule is CN1CCN(C(=S)NN(C)C)CC1. The van der Waals surface area contributed by atoms with E-state index in [0.29, 0.717) is 0 Å². The summed E-state index contributed by atoms with van der Waals surface area (Å²) in [5, 5.41) is 2.71. The van der Waals surface area contributed by atoms with E-state index in [1.54, 1.807) is 0 Å². The number of likely N-dealkylation sites (N-methyl/N-ethyl adjacent to an activating group) is 1. The van der Waals surface area contributed by atoms with Crippen LogP contribution in [0.2, 0.25) is 0 Å². The van der Waals surface area contributed by atoms with Gasteiger partial charge in [-0.2, -0.15) is 0 Å². The third-order valence-electron chi connectivity index (χ3n) is 2.11. The van der Waals surface area contributed by atoms with Crippen molar-refractivity contribution in [3.8, 4) is 0 Å². The van der Waals surface area contributed by atoms with Gasteiger partial charge >= 0.3 is 0 Å². The summed E-state index contributed by atoms with van der Waals surface area (Å²) in [7, 11) is 6.03. The number of nitrogens with one attached hydrogen (secondary N) is 1. The third kappa shape index (κ3) is 3.46. The molecule has 1 N–H and O–H groups in total. The summed E-state index contributed by atoms with van der Waals surface area (Å²) in [6.45, 7) is 4.23. The van der Waals surface area contributed by atoms with E-state index in [4.69, 9.17) is 12.2 Å². The lowest BCUT2D eigenvalue weighted by atomic mass is 10.3. The van der Waals surface area contributed by atoms with Crippen molar-refractivity contribution in [1.82, 2.24) is 20.2 Å². The molecule has 76 valence electrons. The first-order valence-corrected chi connectivity index (χ1v) is 4.92. The Kier molecular flexibility index (Phi) is 3.90. The summed E-state index contributed by atoms with van der Waals surface area (Å²) in [6, 6.07) is 0. The van der Waals surface area contributed by atoms with Gasteiger partial charge in [-0.1, -0.05) is 0 Å². The molecule has 5 heteroatoms. The van der Waals surface area contributed by atoms with Gasteiger partial charge in [0.1, 0.15) is 0 Å². The Bertz CT molecular complexity index is 175. The summed E-state index contributed by atoms with van der Waals surface area (Å²) in [5.41, 5.74) is 3.10. The second kappa shape index (κ2) is 4.74. The number of hydrogen-bond donors (Lipinski definition) is 1. The second-order valence-corrected chi connectivity index (χ2v) is 3.99. The van der Waals surface area contributed by atoms with Crippen molar-refractivity contribution < 1.29 is 0 Å². The van der Waals surface area contributed by atoms with Crippen LogP contribution in [-0.4, -0.2) is 67.2 Å². The van der Waals surface area contributed by atoms with E-state index in [-0.39, 0.29) is 0 Å². The van der Waals surface area contributed by atoms with Gasteiger partial charge in [0, 0.05) is 40.3 Å². The fourth-order valence-corrected chi connectivity index (χ4v) is 1.64. The fraction of sp³-hybridized carbons (Fsp3) is 0.875. The molecule has 0 bridgehead atoms. The Morgan fingerprint density at radius 1 is 1.23 bits per heavy atom. The van der Waals surface area contributed by atoms with Crippen LogP contribution in [0.1, 0.15) is 0 Å². The van der Waals surface area contributed by atoms with Crippen LogP contribution in [0, 0.1) is 0 Å². The third-order valence-corrected chi connectivity index (χ3v) is 2.46. The lowest BCUT2D eigenvalue weighted by Gasteiger charge is -2.35. The molecule has 0 unspecified atom stereocenters. The molecule has 0 atom stereocenters. The minimum absolute atomic E-state index is 0.832. The van der Waals surface area contributed by atoms with Gasteiger partial charge in [-0.3, -0.25) is 5.43 Å². The maximum atomic E-state index is 5.24. The molecule has 1 saturated heterocycles. The Hall–Kier alpha value is -0.390. The largest absolute Gasteiger partial charge is 0.346 e. The van der Waals surface area contributed by atoms with Gasteiger partial charge in [0.15, 0.2) is 5.11 Å². The van der Waals surface area contributed by atoms with Gasteiger partial charge in [0.2, 0.25) is 0 Å². The van der Waals surface area contributed by atoms with Crippen LogP contribution < -0.4 is 5.43 Å². The van der Waals surface area contributed by atoms with Crippen LogP contribution in [0.3, 0.4) is 0 Å². The second-order valence-electron chi connectivity index (χ2n) is 3.60. The summed E-state index contributed by atoms with van der Waals surface area (Å²) >= 11 is 5.24. The molecule has 0 spiro atoms. The van der Waals surface area contributed by atoms with E-state index in [1.807, 2.05) is 19.1 Å². The first kappa shape index (κ1) is 10.7. The molecule has 1 rings (SSSR count). The first-order valence-electron chi connectivity index (χ1n) is 4.51. The van der Waals surface area contributed by atoms with E-state index in [2.05, 4.69) is 22.3 Å². The highest BCUT2D eigenvalue weighted by Gasteiger charge is 2.15. The smallest absolute Gasteiger partial charge is 0.183 e. The minimum Gasteiger partial charge on any atom is -0.346 e. The fourth-order valence-electron chi connectivity index (χ4n) is 1.27. The highest BCUT2D eigenvalue weighted by atomic mass is 32.1. The van der Waals surface area contributed by atoms with Crippen molar-refractivity contribution in [2.24, 2.45) is 0 Å². The van der Waals surface area contributed by atoms with E-state index in [9.17, 15) is 0 Å². The lowest BCUT2D eigenvalue weighted by molar-refractivity contribution is 0.205. The van der Waals surface area contributed by atoms with Crippen LogP contribution in [0.5, 0.6) is 0 Å². The van der Waals surface area contributed by atoms with Gasteiger partial charge in [-0.25, -0.2) is 5.01 Å². The minimum atomic E-state index is 0.832. The average Bonchev–Trinajstić information content (AvgIpc) is 2.04. The zero-order valence-electron chi connectivity index (χ0n) is 8.58. The molecule has 0 amide bonds. The Balaban J connectivity index is 2.31. The van der Waals surface area contributed by atoms with Crippen LogP contribution in [0.25, 0.3) is 0 Å². The Labute approximate surface area is 85.4 Å². The average molecular weight is 202 g/mol. The molecule has 1 aliphatic rings. The van der Waals surface area contributed by atoms with Crippen molar-refractivity contribution in [3.05, 3.63) is 0 Å². The summed E-state index contributed by atoms with van der Waals surface area (Å²) in [4.78, 5) is 4.52. The summed E-state index contributed by atoms with van der Waals surface area (Å²) in [6.07, 6.45) is 0. The number of hydrogen-bond acceptors (Lipinski definition) is 3. The predicted octanol–water partition coefficient (Wildman–Crippen LogP) is -0.415. The maximum Gasteiger partial charge on any atom is 0.183 e. The van der Waals surface area contributed by atoms with Gasteiger partial charge in [-0.05, 0) is 19.3 Å². The molecule has 4 nitrogen and oxygen atoms in total. The standard InChI is InChI=1S/C8H18N4S/c1-10(2)9-8(13)12-6-4-11(3)5-7-12/h4-7H2,1-3H3,(H,9,13). The molecular weight excluding hydrogens is 184 g/mol. The van der Waals surface area contributed by atoms with E-state index in [1.165, 1.54) is 0 Å². The van der Waals surface area contributed by atoms with Crippen LogP contribution in [0.15, 0.2) is 0 Å². The zero-order valence-corrected chi connectivity index (χ0v) is 9.39. The van der Waals surface area contributed by atoms with Crippen molar-refractivity contribution in [1.29, 1.82) is 0 Å². The first-order chi connectivity index (χ1) is 6.09. The number of rotatable bonds is 1. The lowest BCUT2D eigenvalue weighted by Crippen LogP contribution is -2.52. The molecule has 0 saturated carbocycles. The van der Waals surface area contributed by atoms with Crippen molar-refractivity contribution in [3.63, 3.8) is 0 Å². The highest BCUT2D eigenvalue weighted by Crippen LogP contribution is 1.99. The molecule has 0 aromatic heterocycles. The quantitative estimate of drug-likeness (QED) is 0.459. The Morgan fingerprint density at radius 2 is 1.77 bits per heavy atom. The molecule has 0 aromatic rings. The molecule has 13 heavy (non-hydrogen) atoms. The van der Waals surface area contributed by atoms with Crippen molar-refractivity contribution >= 4 is 17.3 Å². The highest BCUT2D eigenvalue weighted by molar-refractivity contribution is 7.80. The topological polar surface area (TPSA) is 21.8 Å². The summed E-state index contributed by atoms with van der Waals surface area (Å²) < 4.78 is 0. The van der Waals surface area contributed by atoms with Crippen molar-refractivity contribution in [2.75, 3.05) is 47.3 Å². The molecule has 0 aromatic carbocycles. The van der Waals surface area contributed by atoms with Crippen LogP contribution in [0.4, 0.5) is 0 Å². The molecule has 1 heterocycles. The van der Waals surface area contributed by atoms with Crippen LogP contribution >= 0.6 is 12.2 Å². The molecule has 1 fully saturated rings. The Morgan fingerprint density at radius 3 is 2.23 bits per heavy atom. The van der Waals surface area contributed by atoms with E-state index < -0.39 is 0 Å². The zero-order chi connectivity index (χ0) is 9.84.